The summed E-state index contributed by atoms with van der Waals surface area (Å²) in [5.41, 5.74) is 1.14. The second-order valence-electron chi connectivity index (χ2n) is 5.63. The Bertz CT molecular complexity index is 997. The fourth-order valence-electron chi connectivity index (χ4n) is 2.63. The maximum Gasteiger partial charge on any atom is 0.287 e. The summed E-state index contributed by atoms with van der Waals surface area (Å²) in [5.74, 6) is 0.865. The van der Waals surface area contributed by atoms with Gasteiger partial charge in [0.25, 0.3) is 11.5 Å². The van der Waals surface area contributed by atoms with Gasteiger partial charge in [-0.15, -0.1) is 0 Å². The molecule has 0 saturated heterocycles. The summed E-state index contributed by atoms with van der Waals surface area (Å²) >= 11 is 0. The van der Waals surface area contributed by atoms with Crippen molar-refractivity contribution in [3.05, 3.63) is 64.2 Å². The van der Waals surface area contributed by atoms with E-state index >= 15 is 0 Å². The summed E-state index contributed by atoms with van der Waals surface area (Å²) in [7, 11) is 3.15. The van der Waals surface area contributed by atoms with Crippen molar-refractivity contribution in [1.82, 2.24) is 15.3 Å². The number of methoxy groups -OCH3 is 2. The molecular weight excluding hydrogens is 334 g/mol. The molecule has 3 aromatic rings. The van der Waals surface area contributed by atoms with E-state index < -0.39 is 5.91 Å². The molecule has 1 heterocycles. The van der Waals surface area contributed by atoms with Crippen molar-refractivity contribution in [3.8, 4) is 11.5 Å². The van der Waals surface area contributed by atoms with Crippen LogP contribution in [0.25, 0.3) is 10.9 Å². The van der Waals surface area contributed by atoms with Crippen molar-refractivity contribution >= 4 is 16.8 Å². The van der Waals surface area contributed by atoms with Gasteiger partial charge in [0.15, 0.2) is 17.3 Å². The van der Waals surface area contributed by atoms with Gasteiger partial charge in [0.2, 0.25) is 0 Å². The smallest absolute Gasteiger partial charge is 0.287 e. The second-order valence-corrected chi connectivity index (χ2v) is 5.63. The first-order chi connectivity index (χ1) is 12.6. The normalized spacial score (nSPS) is 10.5. The number of amides is 1. The highest BCUT2D eigenvalue weighted by atomic mass is 16.5. The van der Waals surface area contributed by atoms with Gasteiger partial charge < -0.3 is 19.8 Å². The molecule has 0 spiro atoms. The maximum atomic E-state index is 12.3. The largest absolute Gasteiger partial charge is 0.493 e. The maximum absolute atomic E-state index is 12.3. The molecule has 0 radical (unpaired) electrons. The highest BCUT2D eigenvalue weighted by molar-refractivity contribution is 5.92. The van der Waals surface area contributed by atoms with E-state index in [2.05, 4.69) is 15.3 Å². The Hall–Kier alpha value is -3.35. The van der Waals surface area contributed by atoms with Crippen LogP contribution in [0.5, 0.6) is 11.5 Å². The minimum Gasteiger partial charge on any atom is -0.493 e. The Morgan fingerprint density at radius 3 is 2.65 bits per heavy atom. The number of nitrogens with one attached hydrogen (secondary N) is 2. The Morgan fingerprint density at radius 2 is 1.88 bits per heavy atom. The summed E-state index contributed by atoms with van der Waals surface area (Å²) in [4.78, 5) is 31.0. The molecule has 0 fully saturated rings. The number of rotatable bonds is 6. The van der Waals surface area contributed by atoms with Gasteiger partial charge in [0.05, 0.1) is 25.1 Å². The van der Waals surface area contributed by atoms with Crippen molar-refractivity contribution in [2.45, 2.75) is 6.42 Å². The van der Waals surface area contributed by atoms with Gasteiger partial charge in [-0.05, 0) is 36.2 Å². The third-order valence-electron chi connectivity index (χ3n) is 3.98. The van der Waals surface area contributed by atoms with Crippen LogP contribution in [0, 0.1) is 0 Å². The van der Waals surface area contributed by atoms with Crippen molar-refractivity contribution in [2.75, 3.05) is 20.8 Å². The fourth-order valence-corrected chi connectivity index (χ4v) is 2.63. The van der Waals surface area contributed by atoms with Crippen LogP contribution in [0.3, 0.4) is 0 Å². The first-order valence-corrected chi connectivity index (χ1v) is 8.10. The molecular formula is C19H19N3O4. The molecule has 0 aliphatic rings. The lowest BCUT2D eigenvalue weighted by Crippen LogP contribution is -2.29. The zero-order valence-corrected chi connectivity index (χ0v) is 14.5. The van der Waals surface area contributed by atoms with Crippen LogP contribution in [0.2, 0.25) is 0 Å². The van der Waals surface area contributed by atoms with Crippen LogP contribution in [0.1, 0.15) is 16.2 Å². The molecule has 1 aromatic heterocycles. The van der Waals surface area contributed by atoms with Crippen LogP contribution in [-0.2, 0) is 6.42 Å². The second kappa shape index (κ2) is 7.69. The topological polar surface area (TPSA) is 93.3 Å². The van der Waals surface area contributed by atoms with Crippen LogP contribution >= 0.6 is 0 Å². The summed E-state index contributed by atoms with van der Waals surface area (Å²) in [5, 5.41) is 3.21. The molecule has 26 heavy (non-hydrogen) atoms. The SMILES string of the molecule is COc1ccc(CCNC(=O)c2nc3ccccc3c(=O)[nH]2)cc1OC. The van der Waals surface area contributed by atoms with E-state index in [1.807, 2.05) is 18.2 Å². The molecule has 0 aliphatic carbocycles. The zero-order valence-electron chi connectivity index (χ0n) is 14.5. The predicted octanol–water partition coefficient (Wildman–Crippen LogP) is 1.91. The molecule has 7 heteroatoms. The molecule has 7 nitrogen and oxygen atoms in total. The predicted molar refractivity (Wildman–Crippen MR) is 97.9 cm³/mol. The van der Waals surface area contributed by atoms with E-state index in [1.165, 1.54) is 0 Å². The standard InChI is InChI=1S/C19H19N3O4/c1-25-15-8-7-12(11-16(15)26-2)9-10-20-19(24)17-21-14-6-4-3-5-13(14)18(23)22-17/h3-8,11H,9-10H2,1-2H3,(H,20,24)(H,21,22,23). The lowest BCUT2D eigenvalue weighted by molar-refractivity contribution is 0.0944. The fraction of sp³-hybridized carbons (Fsp3) is 0.211. The number of nitrogens with zero attached hydrogens (tertiary/aromatic N) is 1. The minimum absolute atomic E-state index is 0.000937. The van der Waals surface area contributed by atoms with E-state index in [0.29, 0.717) is 35.4 Å². The third-order valence-corrected chi connectivity index (χ3v) is 3.98. The van der Waals surface area contributed by atoms with Gasteiger partial charge >= 0.3 is 0 Å². The number of H-pyrrole nitrogens is 1. The highest BCUT2D eigenvalue weighted by Gasteiger charge is 2.11. The molecule has 0 saturated carbocycles. The Balaban J connectivity index is 1.67. The number of fused-ring (bicyclic) bond motifs is 1. The number of aromatic amines is 1. The summed E-state index contributed by atoms with van der Waals surface area (Å²) in [6.45, 7) is 0.394. The lowest BCUT2D eigenvalue weighted by atomic mass is 10.1. The van der Waals surface area contributed by atoms with E-state index in [4.69, 9.17) is 9.47 Å². The van der Waals surface area contributed by atoms with E-state index in [1.54, 1.807) is 38.5 Å². The van der Waals surface area contributed by atoms with Gasteiger partial charge in [-0.1, -0.05) is 18.2 Å². The Morgan fingerprint density at radius 1 is 1.12 bits per heavy atom. The average molecular weight is 353 g/mol. The molecule has 1 amide bonds. The molecule has 3 rings (SSSR count). The molecule has 0 unspecified atom stereocenters. The van der Waals surface area contributed by atoms with Crippen molar-refractivity contribution in [2.24, 2.45) is 0 Å². The molecule has 0 atom stereocenters. The van der Waals surface area contributed by atoms with E-state index in [0.717, 1.165) is 5.56 Å². The molecule has 0 aliphatic heterocycles. The van der Waals surface area contributed by atoms with E-state index in [9.17, 15) is 9.59 Å². The summed E-state index contributed by atoms with van der Waals surface area (Å²) in [6.07, 6.45) is 0.601. The van der Waals surface area contributed by atoms with Crippen LogP contribution < -0.4 is 20.3 Å². The molecule has 134 valence electrons. The molecule has 2 N–H and O–H groups in total. The highest BCUT2D eigenvalue weighted by Crippen LogP contribution is 2.27. The molecule has 2 aromatic carbocycles. The minimum atomic E-state index is -0.423. The number of benzene rings is 2. The van der Waals surface area contributed by atoms with Gasteiger partial charge in [-0.3, -0.25) is 9.59 Å². The first kappa shape index (κ1) is 17.5. The first-order valence-electron chi connectivity index (χ1n) is 8.10. The van der Waals surface area contributed by atoms with Gasteiger partial charge in [0, 0.05) is 6.54 Å². The number of ether oxygens (including phenoxy) is 2. The third kappa shape index (κ3) is 3.66. The number of carbonyl (C=O) groups excluding carboxylic acids is 1. The lowest BCUT2D eigenvalue weighted by Gasteiger charge is -2.10. The number of aromatic nitrogens is 2. The zero-order chi connectivity index (χ0) is 18.5. The molecule has 0 bridgehead atoms. The number of hydrogen-bond donors (Lipinski definition) is 2. The van der Waals surface area contributed by atoms with Crippen molar-refractivity contribution < 1.29 is 14.3 Å². The van der Waals surface area contributed by atoms with Gasteiger partial charge in [0.1, 0.15) is 0 Å². The van der Waals surface area contributed by atoms with Crippen molar-refractivity contribution in [1.29, 1.82) is 0 Å². The van der Waals surface area contributed by atoms with Crippen LogP contribution in [0.4, 0.5) is 0 Å². The van der Waals surface area contributed by atoms with Crippen LogP contribution in [-0.4, -0.2) is 36.6 Å². The van der Waals surface area contributed by atoms with Crippen LogP contribution in [0.15, 0.2) is 47.3 Å². The number of hydrogen-bond acceptors (Lipinski definition) is 5. The Labute approximate surface area is 150 Å². The summed E-state index contributed by atoms with van der Waals surface area (Å²) in [6, 6.07) is 12.5. The van der Waals surface area contributed by atoms with Crippen molar-refractivity contribution in [3.63, 3.8) is 0 Å². The van der Waals surface area contributed by atoms with E-state index in [-0.39, 0.29) is 11.4 Å². The average Bonchev–Trinajstić information content (AvgIpc) is 2.67. The number of para-hydroxylation sites is 1. The van der Waals surface area contributed by atoms with Gasteiger partial charge in [-0.25, -0.2) is 4.98 Å². The number of carbonyl (C=O) groups is 1. The quantitative estimate of drug-likeness (QED) is 0.706. The Kier molecular flexibility index (Phi) is 5.17. The monoisotopic (exact) mass is 353 g/mol. The van der Waals surface area contributed by atoms with Gasteiger partial charge in [-0.2, -0.15) is 0 Å². The summed E-state index contributed by atoms with van der Waals surface area (Å²) < 4.78 is 10.5.